The molecule has 0 aliphatic heterocycles. The number of fused-ring (bicyclic) bond motifs is 1. The van der Waals surface area contributed by atoms with Gasteiger partial charge >= 0.3 is 5.91 Å². The highest BCUT2D eigenvalue weighted by molar-refractivity contribution is 7.99. The van der Waals surface area contributed by atoms with Gasteiger partial charge < -0.3 is 8.83 Å². The van der Waals surface area contributed by atoms with Crippen molar-refractivity contribution in [3.63, 3.8) is 0 Å². The number of amides is 2. The summed E-state index contributed by atoms with van der Waals surface area (Å²) in [6.07, 6.45) is 0. The Morgan fingerprint density at radius 2 is 1.76 bits per heavy atom. The lowest BCUT2D eigenvalue weighted by Gasteiger charge is -2.04. The van der Waals surface area contributed by atoms with Gasteiger partial charge in [-0.15, -0.1) is 0 Å². The van der Waals surface area contributed by atoms with Gasteiger partial charge in [0.25, 0.3) is 5.22 Å². The maximum Gasteiger partial charge on any atom is 0.305 e. The van der Waals surface area contributed by atoms with Gasteiger partial charge in [0.2, 0.25) is 5.91 Å². The van der Waals surface area contributed by atoms with Crippen LogP contribution in [-0.4, -0.2) is 22.6 Å². The van der Waals surface area contributed by atoms with Crippen LogP contribution in [0.5, 0.6) is 0 Å². The monoisotopic (exact) mass is 411 g/mol. The Labute approximate surface area is 168 Å². The highest BCUT2D eigenvalue weighted by atomic mass is 32.2. The summed E-state index contributed by atoms with van der Waals surface area (Å²) in [6.45, 7) is 0. The predicted octanol–water partition coefficient (Wildman–Crippen LogP) is 3.78. The Balaban J connectivity index is 1.29. The Hall–Kier alpha value is -3.59. The molecule has 0 atom stereocenters. The maximum absolute atomic E-state index is 13.0. The summed E-state index contributed by atoms with van der Waals surface area (Å²) >= 11 is 1.11. The third-order valence-electron chi connectivity index (χ3n) is 3.87. The first kappa shape index (κ1) is 18.8. The number of furan rings is 1. The number of rotatable bonds is 5. The highest BCUT2D eigenvalue weighted by Crippen LogP contribution is 2.23. The lowest BCUT2D eigenvalue weighted by Crippen LogP contribution is -2.42. The van der Waals surface area contributed by atoms with Crippen LogP contribution in [0.3, 0.4) is 0 Å². The fourth-order valence-electron chi connectivity index (χ4n) is 2.49. The van der Waals surface area contributed by atoms with Crippen molar-refractivity contribution in [3.8, 4) is 11.3 Å². The number of oxazole rings is 1. The van der Waals surface area contributed by atoms with Crippen LogP contribution in [0, 0.1) is 5.82 Å². The summed E-state index contributed by atoms with van der Waals surface area (Å²) in [5, 5.41) is 0.364. The molecule has 0 fully saturated rings. The second-order valence-corrected chi connectivity index (χ2v) is 6.84. The first-order valence-corrected chi connectivity index (χ1v) is 9.50. The molecule has 0 saturated heterocycles. The van der Waals surface area contributed by atoms with Crippen LogP contribution in [0.1, 0.15) is 10.6 Å². The second kappa shape index (κ2) is 8.19. The number of hydrogen-bond donors (Lipinski definition) is 2. The number of thioether (sulfide) groups is 1. The molecule has 2 aromatic heterocycles. The van der Waals surface area contributed by atoms with Crippen LogP contribution in [0.4, 0.5) is 4.39 Å². The Kier molecular flexibility index (Phi) is 5.30. The zero-order valence-electron chi connectivity index (χ0n) is 14.8. The molecule has 0 unspecified atom stereocenters. The molecule has 7 nitrogen and oxygen atoms in total. The second-order valence-electron chi connectivity index (χ2n) is 5.91. The fraction of sp³-hybridized carbons (Fsp3) is 0.0500. The van der Waals surface area contributed by atoms with E-state index in [0.717, 1.165) is 11.8 Å². The van der Waals surface area contributed by atoms with Crippen LogP contribution in [0.25, 0.3) is 22.4 Å². The largest absolute Gasteiger partial charge is 0.451 e. The van der Waals surface area contributed by atoms with Crippen LogP contribution in [-0.2, 0) is 4.79 Å². The van der Waals surface area contributed by atoms with Crippen molar-refractivity contribution in [1.29, 1.82) is 0 Å². The number of hydrogen-bond acceptors (Lipinski definition) is 6. The van der Waals surface area contributed by atoms with Gasteiger partial charge in [0.15, 0.2) is 11.3 Å². The summed E-state index contributed by atoms with van der Waals surface area (Å²) in [4.78, 5) is 28.3. The zero-order chi connectivity index (χ0) is 20.2. The number of para-hydroxylation sites is 2. The molecule has 0 radical (unpaired) electrons. The van der Waals surface area contributed by atoms with E-state index in [2.05, 4.69) is 15.8 Å². The molecule has 2 N–H and O–H groups in total. The summed E-state index contributed by atoms with van der Waals surface area (Å²) in [5.74, 6) is -0.984. The summed E-state index contributed by atoms with van der Waals surface area (Å²) in [6, 6.07) is 16.0. The number of carbonyl (C=O) groups is 2. The molecule has 0 spiro atoms. The molecule has 2 aromatic carbocycles. The molecule has 9 heteroatoms. The molecule has 146 valence electrons. The van der Waals surface area contributed by atoms with E-state index in [1.165, 1.54) is 18.2 Å². The van der Waals surface area contributed by atoms with Gasteiger partial charge in [-0.1, -0.05) is 23.9 Å². The van der Waals surface area contributed by atoms with Crippen LogP contribution >= 0.6 is 11.8 Å². The lowest BCUT2D eigenvalue weighted by molar-refractivity contribution is -0.119. The number of halogens is 1. The summed E-state index contributed by atoms with van der Waals surface area (Å²) < 4.78 is 24.0. The number of nitrogens with one attached hydrogen (secondary N) is 2. The number of carbonyl (C=O) groups excluding carboxylic acids is 2. The third kappa shape index (κ3) is 4.46. The molecular weight excluding hydrogens is 397 g/mol. The first-order chi connectivity index (χ1) is 14.1. The third-order valence-corrected chi connectivity index (χ3v) is 4.70. The molecule has 0 aliphatic carbocycles. The van der Waals surface area contributed by atoms with Crippen molar-refractivity contribution in [2.24, 2.45) is 0 Å². The molecule has 0 bridgehead atoms. The topological polar surface area (TPSA) is 97.4 Å². The van der Waals surface area contributed by atoms with Gasteiger partial charge in [-0.2, -0.15) is 0 Å². The van der Waals surface area contributed by atoms with E-state index in [-0.39, 0.29) is 17.3 Å². The maximum atomic E-state index is 13.0. The van der Waals surface area contributed by atoms with E-state index >= 15 is 0 Å². The van der Waals surface area contributed by atoms with E-state index in [1.54, 1.807) is 24.3 Å². The SMILES string of the molecule is O=C(CSc1nc2ccccc2o1)NNC(=O)c1ccc(-c2ccc(F)cc2)o1. The average Bonchev–Trinajstić information content (AvgIpc) is 3.38. The zero-order valence-corrected chi connectivity index (χ0v) is 15.7. The molecule has 0 saturated carbocycles. The molecule has 0 aliphatic rings. The number of hydrazine groups is 1. The number of aromatic nitrogens is 1. The van der Waals surface area contributed by atoms with Crippen molar-refractivity contribution in [3.05, 3.63) is 72.2 Å². The van der Waals surface area contributed by atoms with E-state index in [1.807, 2.05) is 18.2 Å². The minimum absolute atomic E-state index is 0.00604. The van der Waals surface area contributed by atoms with Gasteiger partial charge in [0.1, 0.15) is 17.1 Å². The molecule has 29 heavy (non-hydrogen) atoms. The van der Waals surface area contributed by atoms with Gasteiger partial charge in [0.05, 0.1) is 5.75 Å². The Bertz CT molecular complexity index is 1140. The van der Waals surface area contributed by atoms with Crippen molar-refractivity contribution in [1.82, 2.24) is 15.8 Å². The summed E-state index contributed by atoms with van der Waals surface area (Å²) in [7, 11) is 0. The Morgan fingerprint density at radius 1 is 0.966 bits per heavy atom. The molecular formula is C20H14FN3O4S. The lowest BCUT2D eigenvalue weighted by atomic mass is 10.2. The van der Waals surface area contributed by atoms with E-state index in [4.69, 9.17) is 8.83 Å². The molecule has 2 amide bonds. The van der Waals surface area contributed by atoms with Crippen molar-refractivity contribution >= 4 is 34.7 Å². The first-order valence-electron chi connectivity index (χ1n) is 8.52. The number of nitrogens with zero attached hydrogens (tertiary/aromatic N) is 1. The predicted molar refractivity (Wildman–Crippen MR) is 104 cm³/mol. The van der Waals surface area contributed by atoms with Crippen LogP contribution in [0.15, 0.2) is 74.7 Å². The minimum atomic E-state index is -0.612. The molecule has 4 aromatic rings. The molecule has 2 heterocycles. The normalized spacial score (nSPS) is 10.8. The molecule has 4 rings (SSSR count). The van der Waals surface area contributed by atoms with Gasteiger partial charge in [-0.25, -0.2) is 9.37 Å². The fourth-order valence-corrected chi connectivity index (χ4v) is 3.13. The average molecular weight is 411 g/mol. The minimum Gasteiger partial charge on any atom is -0.451 e. The van der Waals surface area contributed by atoms with Crippen LogP contribution in [0.2, 0.25) is 0 Å². The van der Waals surface area contributed by atoms with E-state index in [0.29, 0.717) is 27.6 Å². The van der Waals surface area contributed by atoms with Gasteiger partial charge in [0, 0.05) is 5.56 Å². The van der Waals surface area contributed by atoms with E-state index in [9.17, 15) is 14.0 Å². The number of benzene rings is 2. The van der Waals surface area contributed by atoms with Crippen molar-refractivity contribution in [2.45, 2.75) is 5.22 Å². The quantitative estimate of drug-likeness (QED) is 0.383. The van der Waals surface area contributed by atoms with Gasteiger partial charge in [-0.3, -0.25) is 20.4 Å². The Morgan fingerprint density at radius 3 is 2.55 bits per heavy atom. The van der Waals surface area contributed by atoms with Crippen LogP contribution < -0.4 is 10.9 Å². The van der Waals surface area contributed by atoms with Crippen molar-refractivity contribution in [2.75, 3.05) is 5.75 Å². The van der Waals surface area contributed by atoms with Crippen molar-refractivity contribution < 1.29 is 22.8 Å². The standard InChI is InChI=1S/C20H14FN3O4S/c21-13-7-5-12(6-8-13)15-9-10-17(27-15)19(26)24-23-18(25)11-29-20-22-14-3-1-2-4-16(14)28-20/h1-10H,11H2,(H,23,25)(H,24,26). The highest BCUT2D eigenvalue weighted by Gasteiger charge is 2.14. The van der Waals surface area contributed by atoms with E-state index < -0.39 is 11.8 Å². The summed E-state index contributed by atoms with van der Waals surface area (Å²) in [5.41, 5.74) is 6.56. The smallest absolute Gasteiger partial charge is 0.305 e. The van der Waals surface area contributed by atoms with Gasteiger partial charge in [-0.05, 0) is 48.5 Å².